The summed E-state index contributed by atoms with van der Waals surface area (Å²) in [6.45, 7) is 3.51. The van der Waals surface area contributed by atoms with Crippen LogP contribution in [0.5, 0.6) is 11.5 Å². The minimum atomic E-state index is -1.29. The lowest BCUT2D eigenvalue weighted by Crippen LogP contribution is -2.34. The van der Waals surface area contributed by atoms with Crippen molar-refractivity contribution in [1.29, 1.82) is 0 Å². The molecule has 2 unspecified atom stereocenters. The second-order valence-corrected chi connectivity index (χ2v) is 7.86. The zero-order valence-corrected chi connectivity index (χ0v) is 18.0. The van der Waals surface area contributed by atoms with Crippen molar-refractivity contribution in [1.82, 2.24) is 4.90 Å². The summed E-state index contributed by atoms with van der Waals surface area (Å²) in [5.74, 6) is 0.727. The number of hydrogen-bond donors (Lipinski definition) is 2. The van der Waals surface area contributed by atoms with Crippen molar-refractivity contribution in [2.45, 2.75) is 24.9 Å². The van der Waals surface area contributed by atoms with Gasteiger partial charge in [0.1, 0.15) is 23.7 Å². The van der Waals surface area contributed by atoms with Crippen molar-refractivity contribution in [2.75, 3.05) is 27.2 Å². The number of hydrogen-bond acceptors (Lipinski definition) is 4. The number of likely N-dealkylation sites (N-methyl/N-ethyl adjacent to an activating group) is 1. The van der Waals surface area contributed by atoms with Crippen LogP contribution in [0.1, 0.15) is 36.0 Å². The normalized spacial score (nSPS) is 14.3. The Labute approximate surface area is 179 Å². The van der Waals surface area contributed by atoms with Gasteiger partial charge in [0.2, 0.25) is 0 Å². The van der Waals surface area contributed by atoms with Crippen LogP contribution >= 0.6 is 0 Å². The van der Waals surface area contributed by atoms with E-state index in [1.807, 2.05) is 74.8 Å². The fourth-order valence-electron chi connectivity index (χ4n) is 3.92. The largest absolute Gasteiger partial charge is 0.508 e. The van der Waals surface area contributed by atoms with Gasteiger partial charge in [0, 0.05) is 12.5 Å². The van der Waals surface area contributed by atoms with Gasteiger partial charge in [-0.15, -0.1) is 0 Å². The van der Waals surface area contributed by atoms with E-state index < -0.39 is 5.60 Å². The van der Waals surface area contributed by atoms with Crippen LogP contribution in [0.25, 0.3) is 0 Å². The molecule has 0 aliphatic carbocycles. The molecule has 0 bridgehead atoms. The van der Waals surface area contributed by atoms with Crippen LogP contribution in [-0.4, -0.2) is 42.4 Å². The van der Waals surface area contributed by atoms with E-state index in [1.54, 1.807) is 18.2 Å². The van der Waals surface area contributed by atoms with Gasteiger partial charge in [0.15, 0.2) is 0 Å². The van der Waals surface area contributed by atoms with Crippen LogP contribution in [0, 0.1) is 0 Å². The Balaban J connectivity index is 2.02. The number of aromatic hydroxyl groups is 1. The fraction of sp³-hybridized carbons (Fsp3) is 0.308. The molecule has 0 fully saturated rings. The maximum Gasteiger partial charge on any atom is 0.122 e. The average Bonchev–Trinajstić information content (AvgIpc) is 2.75. The van der Waals surface area contributed by atoms with E-state index in [9.17, 15) is 10.2 Å². The van der Waals surface area contributed by atoms with Crippen LogP contribution < -0.4 is 4.74 Å². The molecule has 158 valence electrons. The van der Waals surface area contributed by atoms with E-state index in [0.717, 1.165) is 29.8 Å². The molecular weight excluding hydrogens is 374 g/mol. The van der Waals surface area contributed by atoms with Crippen LogP contribution in [0.4, 0.5) is 0 Å². The molecule has 3 aromatic carbocycles. The SMILES string of the molecule is CCC(c1ccccc1)C(O)(c1ccc(OCCN(C)C)cc1)c1cccc(O)c1. The molecule has 4 nitrogen and oxygen atoms in total. The summed E-state index contributed by atoms with van der Waals surface area (Å²) in [5, 5.41) is 22.3. The minimum absolute atomic E-state index is 0.137. The van der Waals surface area contributed by atoms with Crippen LogP contribution in [0.3, 0.4) is 0 Å². The molecule has 0 aliphatic heterocycles. The van der Waals surface area contributed by atoms with Crippen molar-refractivity contribution in [3.8, 4) is 11.5 Å². The third-order valence-corrected chi connectivity index (χ3v) is 5.50. The first-order chi connectivity index (χ1) is 14.4. The maximum absolute atomic E-state index is 12.2. The summed E-state index contributed by atoms with van der Waals surface area (Å²) in [6, 6.07) is 24.6. The average molecular weight is 406 g/mol. The Hall–Kier alpha value is -2.82. The summed E-state index contributed by atoms with van der Waals surface area (Å²) < 4.78 is 5.82. The Kier molecular flexibility index (Phi) is 7.14. The van der Waals surface area contributed by atoms with E-state index in [-0.39, 0.29) is 11.7 Å². The highest BCUT2D eigenvalue weighted by Gasteiger charge is 2.40. The number of aliphatic hydroxyl groups is 1. The number of phenolic OH excluding ortho intramolecular Hbond substituents is 1. The summed E-state index contributed by atoms with van der Waals surface area (Å²) in [7, 11) is 4.02. The van der Waals surface area contributed by atoms with Gasteiger partial charge in [0.25, 0.3) is 0 Å². The van der Waals surface area contributed by atoms with Crippen molar-refractivity contribution >= 4 is 0 Å². The summed E-state index contributed by atoms with van der Waals surface area (Å²) in [5.41, 5.74) is 1.19. The van der Waals surface area contributed by atoms with Crippen LogP contribution in [-0.2, 0) is 5.60 Å². The monoisotopic (exact) mass is 405 g/mol. The topological polar surface area (TPSA) is 52.9 Å². The van der Waals surface area contributed by atoms with Crippen molar-refractivity contribution in [3.63, 3.8) is 0 Å². The molecule has 0 aliphatic rings. The highest BCUT2D eigenvalue weighted by molar-refractivity contribution is 5.45. The molecule has 0 radical (unpaired) electrons. The number of nitrogens with zero attached hydrogens (tertiary/aromatic N) is 1. The number of ether oxygens (including phenoxy) is 1. The van der Waals surface area contributed by atoms with E-state index in [1.165, 1.54) is 0 Å². The van der Waals surface area contributed by atoms with Gasteiger partial charge in [0.05, 0.1) is 0 Å². The molecule has 2 N–H and O–H groups in total. The smallest absolute Gasteiger partial charge is 0.122 e. The Morgan fingerprint density at radius 3 is 2.20 bits per heavy atom. The molecule has 4 heteroatoms. The first-order valence-corrected chi connectivity index (χ1v) is 10.4. The number of phenols is 1. The first kappa shape index (κ1) is 21.9. The zero-order valence-electron chi connectivity index (χ0n) is 18.0. The standard InChI is InChI=1S/C26H31NO3/c1-4-25(20-9-6-5-7-10-20)26(29,22-11-8-12-23(28)19-22)21-13-15-24(16-14-21)30-18-17-27(2)3/h5-16,19,25,28-29H,4,17-18H2,1-3H3. The molecular formula is C26H31NO3. The Morgan fingerprint density at radius 1 is 0.900 bits per heavy atom. The highest BCUT2D eigenvalue weighted by atomic mass is 16.5. The third-order valence-electron chi connectivity index (χ3n) is 5.50. The quantitative estimate of drug-likeness (QED) is 0.539. The van der Waals surface area contributed by atoms with Crippen molar-refractivity contribution in [3.05, 3.63) is 95.6 Å². The Bertz CT molecular complexity index is 925. The molecule has 0 saturated carbocycles. The van der Waals surface area contributed by atoms with Gasteiger partial charge < -0.3 is 19.8 Å². The molecule has 3 rings (SSSR count). The summed E-state index contributed by atoms with van der Waals surface area (Å²) >= 11 is 0. The third kappa shape index (κ3) is 4.84. The highest BCUT2D eigenvalue weighted by Crippen LogP contribution is 2.45. The molecule has 0 heterocycles. The fourth-order valence-corrected chi connectivity index (χ4v) is 3.92. The second kappa shape index (κ2) is 9.79. The first-order valence-electron chi connectivity index (χ1n) is 10.4. The zero-order chi connectivity index (χ0) is 21.6. The van der Waals surface area contributed by atoms with E-state index >= 15 is 0 Å². The van der Waals surface area contributed by atoms with Gasteiger partial charge in [-0.25, -0.2) is 0 Å². The van der Waals surface area contributed by atoms with Gasteiger partial charge in [-0.05, 0) is 61.5 Å². The number of rotatable bonds is 9. The lowest BCUT2D eigenvalue weighted by atomic mass is 9.72. The molecule has 0 spiro atoms. The van der Waals surface area contributed by atoms with Gasteiger partial charge >= 0.3 is 0 Å². The molecule has 0 saturated heterocycles. The molecule has 2 atom stereocenters. The van der Waals surface area contributed by atoms with E-state index in [2.05, 4.69) is 11.8 Å². The maximum atomic E-state index is 12.2. The lowest BCUT2D eigenvalue weighted by molar-refractivity contribution is 0.0474. The van der Waals surface area contributed by atoms with Crippen molar-refractivity contribution in [2.24, 2.45) is 0 Å². The van der Waals surface area contributed by atoms with Crippen LogP contribution in [0.15, 0.2) is 78.9 Å². The lowest BCUT2D eigenvalue weighted by Gasteiger charge is -2.37. The molecule has 30 heavy (non-hydrogen) atoms. The molecule has 0 amide bonds. The van der Waals surface area contributed by atoms with Gasteiger partial charge in [-0.1, -0.05) is 61.5 Å². The molecule has 0 aromatic heterocycles. The number of benzene rings is 3. The van der Waals surface area contributed by atoms with E-state index in [4.69, 9.17) is 4.74 Å². The van der Waals surface area contributed by atoms with Gasteiger partial charge in [-0.3, -0.25) is 0 Å². The predicted molar refractivity (Wildman–Crippen MR) is 121 cm³/mol. The minimum Gasteiger partial charge on any atom is -0.508 e. The summed E-state index contributed by atoms with van der Waals surface area (Å²) in [4.78, 5) is 2.07. The molecule has 3 aromatic rings. The van der Waals surface area contributed by atoms with Gasteiger partial charge in [-0.2, -0.15) is 0 Å². The van der Waals surface area contributed by atoms with Crippen molar-refractivity contribution < 1.29 is 14.9 Å². The summed E-state index contributed by atoms with van der Waals surface area (Å²) in [6.07, 6.45) is 0.733. The van der Waals surface area contributed by atoms with Crippen LogP contribution in [0.2, 0.25) is 0 Å². The van der Waals surface area contributed by atoms with E-state index in [0.29, 0.717) is 12.2 Å². The Morgan fingerprint density at radius 2 is 1.60 bits per heavy atom. The predicted octanol–water partition coefficient (Wildman–Crippen LogP) is 4.76. The second-order valence-electron chi connectivity index (χ2n) is 7.86.